The summed E-state index contributed by atoms with van der Waals surface area (Å²) in [5.74, 6) is 0.222. The Morgan fingerprint density at radius 1 is 1.15 bits per heavy atom. The van der Waals surface area contributed by atoms with Gasteiger partial charge >= 0.3 is 0 Å². The summed E-state index contributed by atoms with van der Waals surface area (Å²) in [4.78, 5) is 26.3. The van der Waals surface area contributed by atoms with Crippen molar-refractivity contribution < 1.29 is 14.3 Å². The molecule has 1 heterocycles. The van der Waals surface area contributed by atoms with Gasteiger partial charge < -0.3 is 4.74 Å². The quantitative estimate of drug-likeness (QED) is 0.711. The predicted octanol–water partition coefficient (Wildman–Crippen LogP) is 4.48. The zero-order valence-corrected chi connectivity index (χ0v) is 15.1. The van der Waals surface area contributed by atoms with E-state index in [-0.39, 0.29) is 24.3 Å². The summed E-state index contributed by atoms with van der Waals surface area (Å²) in [7, 11) is 0. The fraction of sp³-hybridized carbons (Fsp3) is 0.105. The molecule has 3 rings (SSSR count). The van der Waals surface area contributed by atoms with E-state index in [0.717, 1.165) is 22.9 Å². The lowest BCUT2D eigenvalue weighted by Gasteiger charge is -2.13. The summed E-state index contributed by atoms with van der Waals surface area (Å²) in [5, 5.41) is 8.70. The lowest BCUT2D eigenvalue weighted by atomic mass is 10.2. The molecule has 0 radical (unpaired) electrons. The first kappa shape index (κ1) is 18.1. The minimum Gasteiger partial charge on any atom is -0.479 e. The van der Waals surface area contributed by atoms with Crippen molar-refractivity contribution in [3.8, 4) is 11.8 Å². The van der Waals surface area contributed by atoms with Crippen molar-refractivity contribution in [2.45, 2.75) is 6.54 Å². The van der Waals surface area contributed by atoms with E-state index in [2.05, 4.69) is 0 Å². The molecular weight excluding hydrogens is 372 g/mol. The number of imide groups is 1. The van der Waals surface area contributed by atoms with Crippen LogP contribution in [0.3, 0.4) is 0 Å². The third-order valence-electron chi connectivity index (χ3n) is 3.64. The number of hydrogen-bond donors (Lipinski definition) is 0. The van der Waals surface area contributed by atoms with Crippen LogP contribution in [0.2, 0.25) is 5.02 Å². The fourth-order valence-electron chi connectivity index (χ4n) is 2.36. The summed E-state index contributed by atoms with van der Waals surface area (Å²) in [6, 6.07) is 15.9. The third-order valence-corrected chi connectivity index (χ3v) is 4.92. The standard InChI is InChI=1S/C19H13ClN2O3S/c20-16-4-2-1-3-14(16)12-22-18(23)17(26-19(22)24)11-13-5-7-15(8-6-13)25-10-9-21/h1-8,11H,10,12H2/b17-11-. The molecule has 1 aliphatic rings. The smallest absolute Gasteiger partial charge is 0.293 e. The van der Waals surface area contributed by atoms with Crippen LogP contribution in [-0.4, -0.2) is 22.7 Å². The maximum Gasteiger partial charge on any atom is 0.293 e. The molecule has 26 heavy (non-hydrogen) atoms. The van der Waals surface area contributed by atoms with Gasteiger partial charge in [0.2, 0.25) is 0 Å². The molecule has 0 spiro atoms. The molecule has 2 aromatic carbocycles. The highest BCUT2D eigenvalue weighted by Crippen LogP contribution is 2.34. The minimum absolute atomic E-state index is 0.0275. The van der Waals surface area contributed by atoms with Crippen molar-refractivity contribution in [2.24, 2.45) is 0 Å². The monoisotopic (exact) mass is 384 g/mol. The first-order valence-corrected chi connectivity index (χ1v) is 8.86. The van der Waals surface area contributed by atoms with Crippen LogP contribution in [0.1, 0.15) is 11.1 Å². The maximum atomic E-state index is 12.6. The number of carbonyl (C=O) groups is 2. The topological polar surface area (TPSA) is 70.4 Å². The second-order valence-electron chi connectivity index (χ2n) is 5.38. The van der Waals surface area contributed by atoms with Gasteiger partial charge in [-0.2, -0.15) is 5.26 Å². The van der Waals surface area contributed by atoms with E-state index in [4.69, 9.17) is 21.6 Å². The molecule has 0 unspecified atom stereocenters. The Morgan fingerprint density at radius 2 is 1.88 bits per heavy atom. The van der Waals surface area contributed by atoms with Gasteiger partial charge in [-0.3, -0.25) is 14.5 Å². The number of ether oxygens (including phenoxy) is 1. The largest absolute Gasteiger partial charge is 0.479 e. The fourth-order valence-corrected chi connectivity index (χ4v) is 3.39. The molecule has 0 bridgehead atoms. The van der Waals surface area contributed by atoms with Gasteiger partial charge in [0.1, 0.15) is 11.8 Å². The Hall–Kier alpha value is -2.75. The van der Waals surface area contributed by atoms with Crippen LogP contribution >= 0.6 is 23.4 Å². The number of benzene rings is 2. The summed E-state index contributed by atoms with van der Waals surface area (Å²) in [6.07, 6.45) is 1.66. The van der Waals surface area contributed by atoms with Crippen molar-refractivity contribution >= 4 is 40.6 Å². The molecular formula is C19H13ClN2O3S. The first-order valence-electron chi connectivity index (χ1n) is 7.67. The molecule has 2 aromatic rings. The number of hydrogen-bond acceptors (Lipinski definition) is 5. The Bertz CT molecular complexity index is 919. The van der Waals surface area contributed by atoms with E-state index in [1.54, 1.807) is 48.5 Å². The van der Waals surface area contributed by atoms with Crippen molar-refractivity contribution in [1.82, 2.24) is 4.90 Å². The maximum absolute atomic E-state index is 12.6. The van der Waals surface area contributed by atoms with Gasteiger partial charge in [0.25, 0.3) is 11.1 Å². The molecule has 7 heteroatoms. The number of nitriles is 1. The lowest BCUT2D eigenvalue weighted by Crippen LogP contribution is -2.27. The van der Waals surface area contributed by atoms with Gasteiger partial charge in [-0.15, -0.1) is 0 Å². The SMILES string of the molecule is N#CCOc1ccc(/C=C2\SC(=O)N(Cc3ccccc3Cl)C2=O)cc1. The van der Waals surface area contributed by atoms with Crippen molar-refractivity contribution in [3.63, 3.8) is 0 Å². The van der Waals surface area contributed by atoms with E-state index >= 15 is 0 Å². The number of nitrogens with zero attached hydrogens (tertiary/aromatic N) is 2. The molecule has 0 saturated carbocycles. The minimum atomic E-state index is -0.343. The van der Waals surface area contributed by atoms with Crippen molar-refractivity contribution in [1.29, 1.82) is 5.26 Å². The van der Waals surface area contributed by atoms with E-state index in [1.165, 1.54) is 4.90 Å². The van der Waals surface area contributed by atoms with Crippen LogP contribution in [0, 0.1) is 11.3 Å². The number of halogens is 1. The average Bonchev–Trinajstić information content (AvgIpc) is 2.90. The van der Waals surface area contributed by atoms with Gasteiger partial charge in [-0.25, -0.2) is 0 Å². The van der Waals surface area contributed by atoms with Gasteiger partial charge in [0.05, 0.1) is 11.4 Å². The summed E-state index contributed by atoms with van der Waals surface area (Å²) >= 11 is 7.01. The Kier molecular flexibility index (Phi) is 5.61. The Balaban J connectivity index is 1.75. The van der Waals surface area contributed by atoms with Gasteiger partial charge in [0.15, 0.2) is 6.61 Å². The second kappa shape index (κ2) is 8.09. The lowest BCUT2D eigenvalue weighted by molar-refractivity contribution is -0.123. The highest BCUT2D eigenvalue weighted by atomic mass is 35.5. The zero-order chi connectivity index (χ0) is 18.5. The molecule has 2 amide bonds. The molecule has 130 valence electrons. The highest BCUT2D eigenvalue weighted by Gasteiger charge is 2.35. The van der Waals surface area contributed by atoms with Crippen LogP contribution in [0.25, 0.3) is 6.08 Å². The van der Waals surface area contributed by atoms with Crippen LogP contribution in [0.5, 0.6) is 5.75 Å². The average molecular weight is 385 g/mol. The second-order valence-corrected chi connectivity index (χ2v) is 6.78. The predicted molar refractivity (Wildman–Crippen MR) is 101 cm³/mol. The van der Waals surface area contributed by atoms with Gasteiger partial charge in [-0.1, -0.05) is 41.9 Å². The number of carbonyl (C=O) groups excluding carboxylic acids is 2. The Labute approximate surface area is 159 Å². The first-order chi connectivity index (χ1) is 12.6. The summed E-state index contributed by atoms with van der Waals surface area (Å²) in [5.41, 5.74) is 1.48. The number of rotatable bonds is 5. The van der Waals surface area contributed by atoms with E-state index < -0.39 is 0 Å². The van der Waals surface area contributed by atoms with Gasteiger partial charge in [-0.05, 0) is 47.2 Å². The molecule has 0 aliphatic carbocycles. The van der Waals surface area contributed by atoms with Crippen LogP contribution < -0.4 is 4.74 Å². The van der Waals surface area contributed by atoms with Crippen LogP contribution in [-0.2, 0) is 11.3 Å². The van der Waals surface area contributed by atoms with Crippen LogP contribution in [0.4, 0.5) is 4.79 Å². The highest BCUT2D eigenvalue weighted by molar-refractivity contribution is 8.18. The normalized spacial score (nSPS) is 15.4. The summed E-state index contributed by atoms with van der Waals surface area (Å²) < 4.78 is 5.18. The molecule has 0 atom stereocenters. The third kappa shape index (κ3) is 4.07. The van der Waals surface area contributed by atoms with Crippen LogP contribution in [0.15, 0.2) is 53.4 Å². The number of thioether (sulfide) groups is 1. The van der Waals surface area contributed by atoms with Crippen molar-refractivity contribution in [2.75, 3.05) is 6.61 Å². The molecule has 1 saturated heterocycles. The molecule has 0 aromatic heterocycles. The number of amides is 2. The Morgan fingerprint density at radius 3 is 2.58 bits per heavy atom. The van der Waals surface area contributed by atoms with E-state index in [9.17, 15) is 9.59 Å². The van der Waals surface area contributed by atoms with Crippen molar-refractivity contribution in [3.05, 3.63) is 69.6 Å². The molecule has 1 aliphatic heterocycles. The summed E-state index contributed by atoms with van der Waals surface area (Å²) in [6.45, 7) is 0.114. The van der Waals surface area contributed by atoms with E-state index in [1.807, 2.05) is 12.1 Å². The zero-order valence-electron chi connectivity index (χ0n) is 13.5. The molecule has 5 nitrogen and oxygen atoms in total. The molecule has 1 fully saturated rings. The van der Waals surface area contributed by atoms with Gasteiger partial charge in [0, 0.05) is 5.02 Å². The molecule has 0 N–H and O–H groups in total. The van der Waals surface area contributed by atoms with E-state index in [0.29, 0.717) is 15.7 Å².